The van der Waals surface area contributed by atoms with E-state index in [-0.39, 0.29) is 11.9 Å². The second kappa shape index (κ2) is 7.43. The third kappa shape index (κ3) is 3.48. The largest absolute Gasteiger partial charge is 0.414 e. The maximum atomic E-state index is 12.6. The molecule has 0 saturated heterocycles. The molecule has 144 valence electrons. The van der Waals surface area contributed by atoms with Crippen molar-refractivity contribution in [2.45, 2.75) is 25.8 Å². The smallest absolute Gasteiger partial charge is 0.314 e. The summed E-state index contributed by atoms with van der Waals surface area (Å²) in [6, 6.07) is 7.13. The van der Waals surface area contributed by atoms with E-state index in [2.05, 4.69) is 25.5 Å². The Bertz CT molecular complexity index is 1070. The van der Waals surface area contributed by atoms with Crippen molar-refractivity contribution in [1.82, 2.24) is 30.2 Å². The Morgan fingerprint density at radius 3 is 2.71 bits per heavy atom. The molecule has 0 radical (unpaired) electrons. The number of nitrogen functional groups attached to an aromatic ring is 1. The fourth-order valence-electron chi connectivity index (χ4n) is 2.71. The van der Waals surface area contributed by atoms with E-state index in [1.54, 1.807) is 23.0 Å². The fourth-order valence-corrected chi connectivity index (χ4v) is 3.81. The molecule has 0 amide bonds. The summed E-state index contributed by atoms with van der Waals surface area (Å²) in [5, 5.41) is 15.5. The van der Waals surface area contributed by atoms with E-state index in [4.69, 9.17) is 10.2 Å². The van der Waals surface area contributed by atoms with Crippen LogP contribution in [0.15, 0.2) is 41.1 Å². The number of anilines is 1. The van der Waals surface area contributed by atoms with Gasteiger partial charge in [-0.05, 0) is 30.7 Å². The monoisotopic (exact) mass is 403 g/mol. The van der Waals surface area contributed by atoms with Gasteiger partial charge < -0.3 is 10.2 Å². The van der Waals surface area contributed by atoms with E-state index in [0.717, 1.165) is 16.9 Å². The highest BCUT2D eigenvalue weighted by molar-refractivity contribution is 7.15. The molecule has 4 heterocycles. The summed E-state index contributed by atoms with van der Waals surface area (Å²) in [5.74, 6) is -0.173. The van der Waals surface area contributed by atoms with Crippen LogP contribution in [0.4, 0.5) is 14.6 Å². The number of hydrogen-bond donors (Lipinski definition) is 1. The minimum Gasteiger partial charge on any atom is -0.414 e. The van der Waals surface area contributed by atoms with Crippen LogP contribution >= 0.6 is 11.3 Å². The molecule has 0 fully saturated rings. The summed E-state index contributed by atoms with van der Waals surface area (Å²) in [6.07, 6.45) is 1.45. The van der Waals surface area contributed by atoms with E-state index in [9.17, 15) is 8.78 Å². The Balaban J connectivity index is 1.59. The first-order valence-electron chi connectivity index (χ1n) is 8.40. The maximum absolute atomic E-state index is 12.6. The molecule has 4 aromatic rings. The Labute approximate surface area is 162 Å². The molecule has 0 aliphatic heterocycles. The van der Waals surface area contributed by atoms with Gasteiger partial charge in [0.2, 0.25) is 0 Å². The van der Waals surface area contributed by atoms with Gasteiger partial charge in [-0.1, -0.05) is 12.1 Å². The minimum atomic E-state index is -2.79. The Morgan fingerprint density at radius 2 is 2.04 bits per heavy atom. The van der Waals surface area contributed by atoms with Crippen LogP contribution in [-0.2, 0) is 0 Å². The number of thiophene rings is 1. The first kappa shape index (κ1) is 18.2. The number of pyridine rings is 1. The van der Waals surface area contributed by atoms with Gasteiger partial charge >= 0.3 is 6.43 Å². The van der Waals surface area contributed by atoms with Crippen molar-refractivity contribution in [2.24, 2.45) is 0 Å². The third-order valence-corrected chi connectivity index (χ3v) is 5.27. The van der Waals surface area contributed by atoms with Crippen molar-refractivity contribution in [2.75, 3.05) is 5.73 Å². The summed E-state index contributed by atoms with van der Waals surface area (Å²) in [7, 11) is 0. The normalized spacial score (nSPS) is 12.6. The molecule has 0 spiro atoms. The van der Waals surface area contributed by atoms with Gasteiger partial charge in [-0.3, -0.25) is 0 Å². The summed E-state index contributed by atoms with van der Waals surface area (Å²) in [6.45, 7) is 2.03. The molecule has 1 atom stereocenters. The highest BCUT2D eigenvalue weighted by Gasteiger charge is 2.21. The zero-order chi connectivity index (χ0) is 19.7. The lowest BCUT2D eigenvalue weighted by molar-refractivity contribution is 0.116. The van der Waals surface area contributed by atoms with E-state index in [0.29, 0.717) is 16.4 Å². The lowest BCUT2D eigenvalue weighted by Gasteiger charge is -2.12. The van der Waals surface area contributed by atoms with Crippen LogP contribution in [0.5, 0.6) is 0 Å². The van der Waals surface area contributed by atoms with Gasteiger partial charge in [-0.25, -0.2) is 9.67 Å². The summed E-state index contributed by atoms with van der Waals surface area (Å²) >= 11 is 1.39. The molecule has 0 saturated carbocycles. The lowest BCUT2D eigenvalue weighted by Crippen LogP contribution is -2.08. The number of halogens is 2. The summed E-state index contributed by atoms with van der Waals surface area (Å²) < 4.78 is 32.1. The Hall–Kier alpha value is -3.21. The van der Waals surface area contributed by atoms with Crippen LogP contribution in [0.2, 0.25) is 0 Å². The minimum absolute atomic E-state index is 0.0702. The Morgan fingerprint density at radius 1 is 1.18 bits per heavy atom. The predicted octanol–water partition coefficient (Wildman–Crippen LogP) is 3.97. The molecule has 0 bridgehead atoms. The Kier molecular flexibility index (Phi) is 4.82. The van der Waals surface area contributed by atoms with E-state index < -0.39 is 12.3 Å². The third-order valence-electron chi connectivity index (χ3n) is 4.09. The molecular formula is C17H15F2N7OS. The van der Waals surface area contributed by atoms with Crippen LogP contribution < -0.4 is 5.73 Å². The molecule has 0 unspecified atom stereocenters. The van der Waals surface area contributed by atoms with E-state index in [1.807, 2.05) is 25.3 Å². The van der Waals surface area contributed by atoms with E-state index >= 15 is 0 Å². The van der Waals surface area contributed by atoms with Crippen LogP contribution in [-0.4, -0.2) is 30.2 Å². The number of nitrogens with two attached hydrogens (primary N) is 1. The average molecular weight is 403 g/mol. The van der Waals surface area contributed by atoms with Gasteiger partial charge in [0.15, 0.2) is 0 Å². The van der Waals surface area contributed by atoms with Gasteiger partial charge in [0.05, 0.1) is 17.1 Å². The van der Waals surface area contributed by atoms with E-state index in [1.165, 1.54) is 11.3 Å². The van der Waals surface area contributed by atoms with Crippen molar-refractivity contribution in [1.29, 1.82) is 0 Å². The molecule has 0 aliphatic carbocycles. The second-order valence-electron chi connectivity index (χ2n) is 5.93. The highest BCUT2D eigenvalue weighted by Crippen LogP contribution is 2.34. The molecule has 11 heteroatoms. The quantitative estimate of drug-likeness (QED) is 0.519. The first-order chi connectivity index (χ1) is 13.5. The number of alkyl halides is 2. The van der Waals surface area contributed by atoms with Gasteiger partial charge in [-0.2, -0.15) is 8.78 Å². The van der Waals surface area contributed by atoms with Crippen LogP contribution in [0, 0.1) is 0 Å². The maximum Gasteiger partial charge on any atom is 0.314 e. The van der Waals surface area contributed by atoms with Gasteiger partial charge in [0.1, 0.15) is 11.5 Å². The van der Waals surface area contributed by atoms with Crippen LogP contribution in [0.3, 0.4) is 0 Å². The SMILES string of the molecule is CC[C@H](c1ccc(-c2nnc(C(F)F)o2)s1)n1cc(-c2ccc(N)nc2)nn1. The lowest BCUT2D eigenvalue weighted by atomic mass is 10.2. The zero-order valence-electron chi connectivity index (χ0n) is 14.7. The number of rotatable bonds is 6. The molecule has 2 N–H and O–H groups in total. The second-order valence-corrected chi connectivity index (χ2v) is 7.04. The average Bonchev–Trinajstić information content (AvgIpc) is 3.43. The van der Waals surface area contributed by atoms with Gasteiger partial charge in [-0.15, -0.1) is 26.6 Å². The van der Waals surface area contributed by atoms with Crippen molar-refractivity contribution in [3.63, 3.8) is 0 Å². The van der Waals surface area contributed by atoms with Crippen molar-refractivity contribution >= 4 is 17.2 Å². The fraction of sp³-hybridized carbons (Fsp3) is 0.235. The molecule has 28 heavy (non-hydrogen) atoms. The zero-order valence-corrected chi connectivity index (χ0v) is 15.5. The van der Waals surface area contributed by atoms with Gasteiger partial charge in [0, 0.05) is 16.6 Å². The number of aromatic nitrogens is 6. The summed E-state index contributed by atoms with van der Waals surface area (Å²) in [5.41, 5.74) is 7.11. The topological polar surface area (TPSA) is 109 Å². The molecule has 0 aromatic carbocycles. The summed E-state index contributed by atoms with van der Waals surface area (Å²) in [4.78, 5) is 5.66. The molecule has 8 nitrogen and oxygen atoms in total. The molecule has 4 aromatic heterocycles. The van der Waals surface area contributed by atoms with Gasteiger partial charge in [0.25, 0.3) is 11.8 Å². The molecule has 0 aliphatic rings. The molecule has 4 rings (SSSR count). The standard InChI is InChI=1S/C17H15F2N7OS/c1-2-11(26-8-10(22-25-26)9-3-6-14(20)21-7-9)12-4-5-13(28-12)16-23-24-17(27-16)15(18)19/h3-8,11,15H,2H2,1H3,(H2,20,21)/t11-/m1/s1. The van der Waals surface area contributed by atoms with Crippen LogP contribution in [0.25, 0.3) is 22.0 Å². The van der Waals surface area contributed by atoms with Crippen molar-refractivity contribution in [3.05, 3.63) is 47.4 Å². The highest BCUT2D eigenvalue weighted by atomic mass is 32.1. The first-order valence-corrected chi connectivity index (χ1v) is 9.22. The predicted molar refractivity (Wildman–Crippen MR) is 98.7 cm³/mol. The van der Waals surface area contributed by atoms with Crippen molar-refractivity contribution in [3.8, 4) is 22.0 Å². The van der Waals surface area contributed by atoms with Crippen molar-refractivity contribution < 1.29 is 13.2 Å². The van der Waals surface area contributed by atoms with Crippen LogP contribution in [0.1, 0.15) is 36.6 Å². The molecular weight excluding hydrogens is 388 g/mol. The number of nitrogens with zero attached hydrogens (tertiary/aromatic N) is 6. The number of hydrogen-bond acceptors (Lipinski definition) is 8.